The van der Waals surface area contributed by atoms with Gasteiger partial charge in [0.25, 0.3) is 0 Å². The molecule has 2 N–H and O–H groups in total. The minimum absolute atomic E-state index is 0.302. The molecule has 0 unspecified atom stereocenters. The summed E-state index contributed by atoms with van der Waals surface area (Å²) in [6.45, 7) is 3.15. The van der Waals surface area contributed by atoms with Gasteiger partial charge in [-0.3, -0.25) is 0 Å². The average molecular weight is 286 g/mol. The number of aliphatic hydroxyl groups is 1. The van der Waals surface area contributed by atoms with E-state index < -0.39 is 5.60 Å². The Morgan fingerprint density at radius 3 is 2.74 bits per heavy atom. The van der Waals surface area contributed by atoms with Gasteiger partial charge in [-0.15, -0.1) is 0 Å². The Kier molecular flexibility index (Phi) is 4.82. The molecule has 4 heteroatoms. The van der Waals surface area contributed by atoms with Crippen LogP contribution >= 0.6 is 11.6 Å². The van der Waals surface area contributed by atoms with Crippen molar-refractivity contribution in [1.82, 2.24) is 5.32 Å². The molecule has 1 aliphatic rings. The monoisotopic (exact) mass is 285 g/mol. The highest BCUT2D eigenvalue weighted by Gasteiger charge is 2.31. The van der Waals surface area contributed by atoms with E-state index in [1.807, 2.05) is 0 Å². The molecule has 0 bridgehead atoms. The van der Waals surface area contributed by atoms with Crippen LogP contribution in [0.25, 0.3) is 0 Å². The van der Waals surface area contributed by atoms with Crippen LogP contribution in [0.5, 0.6) is 0 Å². The fraction of sp³-hybridized carbons (Fsp3) is 0.600. The van der Waals surface area contributed by atoms with Crippen LogP contribution in [-0.2, 0) is 6.54 Å². The molecular weight excluding hydrogens is 265 g/mol. The zero-order valence-electron chi connectivity index (χ0n) is 11.3. The van der Waals surface area contributed by atoms with Crippen molar-refractivity contribution < 1.29 is 9.50 Å². The summed E-state index contributed by atoms with van der Waals surface area (Å²) in [4.78, 5) is 0. The molecule has 106 valence electrons. The van der Waals surface area contributed by atoms with Crippen molar-refractivity contribution >= 4 is 11.6 Å². The number of rotatable bonds is 4. The molecule has 1 fully saturated rings. The minimum Gasteiger partial charge on any atom is -0.389 e. The lowest BCUT2D eigenvalue weighted by molar-refractivity contribution is -0.00635. The number of hydrogen-bond acceptors (Lipinski definition) is 2. The van der Waals surface area contributed by atoms with Crippen molar-refractivity contribution in [1.29, 1.82) is 0 Å². The second-order valence-corrected chi connectivity index (χ2v) is 6.18. The Morgan fingerprint density at radius 1 is 1.42 bits per heavy atom. The van der Waals surface area contributed by atoms with Gasteiger partial charge in [0.1, 0.15) is 5.82 Å². The molecule has 1 saturated carbocycles. The highest BCUT2D eigenvalue weighted by atomic mass is 35.5. The third-order valence-corrected chi connectivity index (χ3v) is 4.22. The van der Waals surface area contributed by atoms with Gasteiger partial charge in [0.2, 0.25) is 0 Å². The van der Waals surface area contributed by atoms with Crippen LogP contribution in [0.4, 0.5) is 4.39 Å². The molecule has 0 radical (unpaired) electrons. The lowest BCUT2D eigenvalue weighted by atomic mass is 9.79. The fourth-order valence-corrected chi connectivity index (χ4v) is 2.73. The first-order valence-electron chi connectivity index (χ1n) is 6.85. The van der Waals surface area contributed by atoms with E-state index in [1.165, 1.54) is 6.07 Å². The zero-order valence-corrected chi connectivity index (χ0v) is 12.0. The highest BCUT2D eigenvalue weighted by Crippen LogP contribution is 2.31. The Labute approximate surface area is 119 Å². The summed E-state index contributed by atoms with van der Waals surface area (Å²) in [7, 11) is 0. The standard InChI is InChI=1S/C15H21ClFNO/c1-11-4-6-15(19,7-5-11)10-18-9-12-2-3-13(16)8-14(12)17/h2-3,8,11,18-19H,4-7,9-10H2,1H3. The van der Waals surface area contributed by atoms with E-state index in [4.69, 9.17) is 11.6 Å². The lowest BCUT2D eigenvalue weighted by Crippen LogP contribution is -2.43. The first-order valence-corrected chi connectivity index (χ1v) is 7.23. The quantitative estimate of drug-likeness (QED) is 0.887. The van der Waals surface area contributed by atoms with Crippen LogP contribution in [0.15, 0.2) is 18.2 Å². The molecule has 0 aliphatic heterocycles. The predicted molar refractivity (Wildman–Crippen MR) is 75.7 cm³/mol. The smallest absolute Gasteiger partial charge is 0.129 e. The predicted octanol–water partition coefficient (Wildman–Crippen LogP) is 3.51. The number of benzene rings is 1. The van der Waals surface area contributed by atoms with Gasteiger partial charge in [-0.2, -0.15) is 0 Å². The molecule has 2 rings (SSSR count). The summed E-state index contributed by atoms with van der Waals surface area (Å²) in [5, 5.41) is 14.0. The molecule has 0 aromatic heterocycles. The summed E-state index contributed by atoms with van der Waals surface area (Å²) in [6, 6.07) is 4.67. The Morgan fingerprint density at radius 2 is 2.11 bits per heavy atom. The van der Waals surface area contributed by atoms with Gasteiger partial charge in [-0.25, -0.2) is 4.39 Å². The second kappa shape index (κ2) is 6.21. The summed E-state index contributed by atoms with van der Waals surface area (Å²) in [6.07, 6.45) is 3.77. The lowest BCUT2D eigenvalue weighted by Gasteiger charge is -2.35. The Hall–Kier alpha value is -0.640. The van der Waals surface area contributed by atoms with E-state index in [0.29, 0.717) is 29.6 Å². The maximum atomic E-state index is 13.6. The SMILES string of the molecule is CC1CCC(O)(CNCc2ccc(Cl)cc2F)CC1. The average Bonchev–Trinajstić information content (AvgIpc) is 2.36. The van der Waals surface area contributed by atoms with Gasteiger partial charge >= 0.3 is 0 Å². The Balaban J connectivity index is 1.83. The van der Waals surface area contributed by atoms with E-state index in [1.54, 1.807) is 12.1 Å². The molecule has 19 heavy (non-hydrogen) atoms. The summed E-state index contributed by atoms with van der Waals surface area (Å²) in [5.41, 5.74) is -0.0488. The zero-order chi connectivity index (χ0) is 13.9. The molecule has 1 aromatic rings. The van der Waals surface area contributed by atoms with Gasteiger partial charge in [0.15, 0.2) is 0 Å². The number of halogens is 2. The Bertz CT molecular complexity index is 430. The maximum absolute atomic E-state index is 13.6. The van der Waals surface area contributed by atoms with Crippen molar-refractivity contribution in [3.8, 4) is 0 Å². The van der Waals surface area contributed by atoms with E-state index in [-0.39, 0.29) is 5.82 Å². The van der Waals surface area contributed by atoms with E-state index in [9.17, 15) is 9.50 Å². The molecule has 1 aliphatic carbocycles. The van der Waals surface area contributed by atoms with Crippen LogP contribution in [0.1, 0.15) is 38.2 Å². The van der Waals surface area contributed by atoms with Crippen LogP contribution in [-0.4, -0.2) is 17.3 Å². The molecule has 0 heterocycles. The molecule has 0 amide bonds. The fourth-order valence-electron chi connectivity index (χ4n) is 2.57. The van der Waals surface area contributed by atoms with E-state index in [0.717, 1.165) is 25.7 Å². The van der Waals surface area contributed by atoms with Crippen molar-refractivity contribution in [3.63, 3.8) is 0 Å². The van der Waals surface area contributed by atoms with E-state index >= 15 is 0 Å². The molecule has 0 saturated heterocycles. The van der Waals surface area contributed by atoms with Crippen molar-refractivity contribution in [2.75, 3.05) is 6.54 Å². The van der Waals surface area contributed by atoms with Crippen LogP contribution in [0.2, 0.25) is 5.02 Å². The normalized spacial score (nSPS) is 27.5. The van der Waals surface area contributed by atoms with Gasteiger partial charge in [-0.05, 0) is 43.7 Å². The largest absolute Gasteiger partial charge is 0.389 e. The minimum atomic E-state index is -0.630. The first kappa shape index (κ1) is 14.8. The van der Waals surface area contributed by atoms with Gasteiger partial charge < -0.3 is 10.4 Å². The molecule has 2 nitrogen and oxygen atoms in total. The maximum Gasteiger partial charge on any atom is 0.129 e. The van der Waals surface area contributed by atoms with Crippen LogP contribution < -0.4 is 5.32 Å². The molecule has 0 atom stereocenters. The van der Waals surface area contributed by atoms with Crippen molar-refractivity contribution in [2.24, 2.45) is 5.92 Å². The van der Waals surface area contributed by atoms with Crippen molar-refractivity contribution in [2.45, 2.75) is 44.8 Å². The molecule has 1 aromatic carbocycles. The number of hydrogen-bond donors (Lipinski definition) is 2. The van der Waals surface area contributed by atoms with Crippen LogP contribution in [0.3, 0.4) is 0 Å². The molecule has 0 spiro atoms. The van der Waals surface area contributed by atoms with E-state index in [2.05, 4.69) is 12.2 Å². The summed E-state index contributed by atoms with van der Waals surface area (Å²) < 4.78 is 13.6. The third kappa shape index (κ3) is 4.16. The summed E-state index contributed by atoms with van der Waals surface area (Å²) >= 11 is 5.71. The first-order chi connectivity index (χ1) is 8.98. The van der Waals surface area contributed by atoms with Gasteiger partial charge in [-0.1, -0.05) is 24.6 Å². The number of nitrogens with one attached hydrogen (secondary N) is 1. The van der Waals surface area contributed by atoms with Gasteiger partial charge in [0, 0.05) is 23.7 Å². The summed E-state index contributed by atoms with van der Waals surface area (Å²) in [5.74, 6) is 0.401. The van der Waals surface area contributed by atoms with Crippen LogP contribution in [0, 0.1) is 11.7 Å². The highest BCUT2D eigenvalue weighted by molar-refractivity contribution is 6.30. The second-order valence-electron chi connectivity index (χ2n) is 5.75. The topological polar surface area (TPSA) is 32.3 Å². The third-order valence-electron chi connectivity index (χ3n) is 3.99. The van der Waals surface area contributed by atoms with Gasteiger partial charge in [0.05, 0.1) is 5.60 Å². The van der Waals surface area contributed by atoms with Crippen molar-refractivity contribution in [3.05, 3.63) is 34.6 Å². The molecular formula is C15H21ClFNO.